The lowest BCUT2D eigenvalue weighted by molar-refractivity contribution is -0.147. The van der Waals surface area contributed by atoms with Gasteiger partial charge in [-0.1, -0.05) is 31.0 Å². The molecule has 1 aromatic carbocycles. The molecule has 2 saturated carbocycles. The van der Waals surface area contributed by atoms with Gasteiger partial charge in [0.1, 0.15) is 30.2 Å². The second kappa shape index (κ2) is 13.7. The van der Waals surface area contributed by atoms with Crippen molar-refractivity contribution >= 4 is 46.4 Å². The van der Waals surface area contributed by atoms with Crippen LogP contribution in [0.1, 0.15) is 69.0 Å². The summed E-state index contributed by atoms with van der Waals surface area (Å²) in [5, 5.41) is 12.4. The van der Waals surface area contributed by atoms with Crippen molar-refractivity contribution in [3.63, 3.8) is 0 Å². The van der Waals surface area contributed by atoms with Gasteiger partial charge in [0.15, 0.2) is 0 Å². The number of aromatic amines is 1. The van der Waals surface area contributed by atoms with Crippen molar-refractivity contribution in [3.8, 4) is 0 Å². The van der Waals surface area contributed by atoms with Crippen molar-refractivity contribution < 1.29 is 33.5 Å². The standard InChI is InChI=1S/C34H44N6O7/c1-18-22(21-10-5-6-11-23(21)35-18)16-24-30(42)37-25(17-27(41)47-2)34(46)40-15-7-12-26(40)31(43)38-28(19-8-3-4-9-19)33(45)39-29(20-13-14-20)32(44)36-24/h5-6,10-11,19-20,24-26,28-29,35H,3-4,7-9,12-17H2,1-2H3,(H,36,44)(H,37,42)(H,38,43)(H,39,45)/t24-,25-,26+,28-,29?/m1/s1. The van der Waals surface area contributed by atoms with E-state index >= 15 is 0 Å². The molecule has 47 heavy (non-hydrogen) atoms. The van der Waals surface area contributed by atoms with Gasteiger partial charge >= 0.3 is 5.97 Å². The average molecular weight is 649 g/mol. The van der Waals surface area contributed by atoms with Gasteiger partial charge < -0.3 is 35.9 Å². The molecule has 1 aromatic heterocycles. The third kappa shape index (κ3) is 6.98. The minimum absolute atomic E-state index is 0.0922. The van der Waals surface area contributed by atoms with Crippen LogP contribution in [0, 0.1) is 18.8 Å². The number of carbonyl (C=O) groups excluding carboxylic acids is 6. The molecule has 13 heteroatoms. The van der Waals surface area contributed by atoms with E-state index in [1.807, 2.05) is 31.2 Å². The van der Waals surface area contributed by atoms with E-state index < -0.39 is 72.1 Å². The van der Waals surface area contributed by atoms with E-state index in [1.165, 1.54) is 12.0 Å². The van der Waals surface area contributed by atoms with Crippen LogP contribution in [0.4, 0.5) is 0 Å². The van der Waals surface area contributed by atoms with Gasteiger partial charge in [-0.25, -0.2) is 0 Å². The van der Waals surface area contributed by atoms with E-state index in [9.17, 15) is 28.8 Å². The number of aromatic nitrogens is 1. The van der Waals surface area contributed by atoms with Gasteiger partial charge in [-0.3, -0.25) is 28.8 Å². The Bertz CT molecular complexity index is 1560. The van der Waals surface area contributed by atoms with Gasteiger partial charge in [-0.15, -0.1) is 0 Å². The van der Waals surface area contributed by atoms with Crippen LogP contribution < -0.4 is 21.3 Å². The molecule has 3 heterocycles. The Kier molecular flexibility index (Phi) is 9.51. The number of esters is 1. The minimum atomic E-state index is -1.33. The number of ether oxygens (including phenoxy) is 1. The van der Waals surface area contributed by atoms with Crippen LogP contribution in [-0.4, -0.2) is 89.3 Å². The highest BCUT2D eigenvalue weighted by Crippen LogP contribution is 2.34. The topological polar surface area (TPSA) is 179 Å². The van der Waals surface area contributed by atoms with Crippen molar-refractivity contribution in [2.45, 2.75) is 101 Å². The zero-order valence-electron chi connectivity index (χ0n) is 26.9. The van der Waals surface area contributed by atoms with Crippen molar-refractivity contribution in [2.24, 2.45) is 11.8 Å². The molecule has 2 saturated heterocycles. The summed E-state index contributed by atoms with van der Waals surface area (Å²) in [5.41, 5.74) is 2.51. The number of carbonyl (C=O) groups is 6. The van der Waals surface area contributed by atoms with Gasteiger partial charge in [-0.2, -0.15) is 0 Å². The van der Waals surface area contributed by atoms with Crippen molar-refractivity contribution in [3.05, 3.63) is 35.5 Å². The number of hydrogen-bond donors (Lipinski definition) is 5. The Hall–Kier alpha value is -4.42. The summed E-state index contributed by atoms with van der Waals surface area (Å²) in [6.45, 7) is 2.14. The monoisotopic (exact) mass is 648 g/mol. The van der Waals surface area contributed by atoms with Crippen LogP contribution in [0.2, 0.25) is 0 Å². The summed E-state index contributed by atoms with van der Waals surface area (Å²) in [5.74, 6) is -3.57. The maximum Gasteiger partial charge on any atom is 0.308 e. The summed E-state index contributed by atoms with van der Waals surface area (Å²) in [6.07, 6.45) is 5.44. The fourth-order valence-corrected chi connectivity index (χ4v) is 7.51. The van der Waals surface area contributed by atoms with Crippen molar-refractivity contribution in [2.75, 3.05) is 13.7 Å². The molecule has 2 aliphatic carbocycles. The Balaban J connectivity index is 1.38. The van der Waals surface area contributed by atoms with Crippen molar-refractivity contribution in [1.29, 1.82) is 0 Å². The van der Waals surface area contributed by atoms with E-state index in [0.717, 1.165) is 60.7 Å². The number of rotatable bonds is 6. The number of aryl methyl sites for hydroxylation is 1. The molecule has 2 aromatic rings. The average Bonchev–Trinajstić information content (AvgIpc) is 3.40. The Labute approximate surface area is 273 Å². The number of amides is 5. The van der Waals surface area contributed by atoms with Crippen LogP contribution in [0.25, 0.3) is 10.9 Å². The SMILES string of the molecule is COC(=O)C[C@H]1NC(=O)[C@@H](Cc2c(C)[nH]c3ccccc23)NC(=O)C(C2CC2)NC(=O)[C@@H](C2CCCC2)NC(=O)[C@@H]2CCCN2C1=O. The number of H-pyrrole nitrogens is 1. The lowest BCUT2D eigenvalue weighted by atomic mass is 9.96. The van der Waals surface area contributed by atoms with Crippen LogP contribution in [0.5, 0.6) is 0 Å². The molecule has 6 rings (SSSR count). The number of benzene rings is 1. The number of nitrogens with zero attached hydrogens (tertiary/aromatic N) is 1. The Morgan fingerprint density at radius 1 is 0.787 bits per heavy atom. The van der Waals surface area contributed by atoms with Gasteiger partial charge in [-0.05, 0) is 68.9 Å². The molecular formula is C34H44N6O7. The minimum Gasteiger partial charge on any atom is -0.469 e. The summed E-state index contributed by atoms with van der Waals surface area (Å²) in [7, 11) is 1.20. The van der Waals surface area contributed by atoms with Crippen molar-refractivity contribution in [1.82, 2.24) is 31.2 Å². The van der Waals surface area contributed by atoms with E-state index in [4.69, 9.17) is 4.74 Å². The van der Waals surface area contributed by atoms with Crippen LogP contribution in [0.3, 0.4) is 0 Å². The summed E-state index contributed by atoms with van der Waals surface area (Å²) < 4.78 is 4.86. The molecule has 1 unspecified atom stereocenters. The second-order valence-corrected chi connectivity index (χ2v) is 13.4. The van der Waals surface area contributed by atoms with Crippen LogP contribution in [0.15, 0.2) is 24.3 Å². The summed E-state index contributed by atoms with van der Waals surface area (Å²) in [4.78, 5) is 87.0. The zero-order chi connectivity index (χ0) is 33.2. The highest BCUT2D eigenvalue weighted by Gasteiger charge is 2.45. The highest BCUT2D eigenvalue weighted by atomic mass is 16.5. The fraction of sp³-hybridized carbons (Fsp3) is 0.588. The molecule has 2 aliphatic heterocycles. The van der Waals surface area contributed by atoms with E-state index in [2.05, 4.69) is 26.3 Å². The number of hydrogen-bond acceptors (Lipinski definition) is 7. The van der Waals surface area contributed by atoms with Gasteiger partial charge in [0, 0.05) is 29.6 Å². The molecule has 13 nitrogen and oxygen atoms in total. The van der Waals surface area contributed by atoms with E-state index in [0.29, 0.717) is 12.8 Å². The number of para-hydroxylation sites is 1. The van der Waals surface area contributed by atoms with E-state index in [1.54, 1.807) is 0 Å². The molecule has 5 amide bonds. The quantitative estimate of drug-likeness (QED) is 0.291. The maximum absolute atomic E-state index is 14.1. The third-order valence-electron chi connectivity index (χ3n) is 10.2. The number of methoxy groups -OCH3 is 1. The first-order valence-electron chi connectivity index (χ1n) is 16.8. The molecular weight excluding hydrogens is 604 g/mol. The Morgan fingerprint density at radius 2 is 1.43 bits per heavy atom. The van der Waals surface area contributed by atoms with Crippen LogP contribution >= 0.6 is 0 Å². The molecule has 5 atom stereocenters. The third-order valence-corrected chi connectivity index (χ3v) is 10.2. The molecule has 5 N–H and O–H groups in total. The first kappa shape index (κ1) is 32.5. The fourth-order valence-electron chi connectivity index (χ4n) is 7.51. The highest BCUT2D eigenvalue weighted by molar-refractivity contribution is 5.99. The lowest BCUT2D eigenvalue weighted by Gasteiger charge is -2.31. The van der Waals surface area contributed by atoms with Crippen LogP contribution in [-0.2, 0) is 39.9 Å². The van der Waals surface area contributed by atoms with Gasteiger partial charge in [0.05, 0.1) is 13.5 Å². The number of nitrogens with one attached hydrogen (secondary N) is 5. The maximum atomic E-state index is 14.1. The summed E-state index contributed by atoms with van der Waals surface area (Å²) in [6, 6.07) is 2.53. The number of fused-ring (bicyclic) bond motifs is 2. The largest absolute Gasteiger partial charge is 0.469 e. The second-order valence-electron chi connectivity index (χ2n) is 13.4. The molecule has 0 radical (unpaired) electrons. The first-order chi connectivity index (χ1) is 22.6. The smallest absolute Gasteiger partial charge is 0.308 e. The molecule has 0 spiro atoms. The van der Waals surface area contributed by atoms with Gasteiger partial charge in [0.25, 0.3) is 0 Å². The lowest BCUT2D eigenvalue weighted by Crippen LogP contribution is -2.59. The molecule has 0 bridgehead atoms. The predicted octanol–water partition coefficient (Wildman–Crippen LogP) is 1.13. The Morgan fingerprint density at radius 3 is 2.13 bits per heavy atom. The first-order valence-corrected chi connectivity index (χ1v) is 16.8. The molecule has 252 valence electrons. The van der Waals surface area contributed by atoms with E-state index in [-0.39, 0.29) is 24.8 Å². The predicted molar refractivity (Wildman–Crippen MR) is 171 cm³/mol. The molecule has 4 aliphatic rings. The normalized spacial score (nSPS) is 28.2. The summed E-state index contributed by atoms with van der Waals surface area (Å²) >= 11 is 0. The van der Waals surface area contributed by atoms with Gasteiger partial charge in [0.2, 0.25) is 29.5 Å². The molecule has 4 fully saturated rings. The zero-order valence-corrected chi connectivity index (χ0v) is 26.9.